The molecule has 0 amide bonds. The van der Waals surface area contributed by atoms with Gasteiger partial charge in [0, 0.05) is 18.5 Å². The van der Waals surface area contributed by atoms with Crippen LogP contribution >= 0.6 is 0 Å². The minimum Gasteiger partial charge on any atom is -0.396 e. The van der Waals surface area contributed by atoms with Crippen molar-refractivity contribution in [2.75, 3.05) is 19.7 Å². The van der Waals surface area contributed by atoms with Crippen molar-refractivity contribution in [3.05, 3.63) is 48.0 Å². The summed E-state index contributed by atoms with van der Waals surface area (Å²) in [6, 6.07) is 9.90. The van der Waals surface area contributed by atoms with Crippen LogP contribution < -0.4 is 0 Å². The third-order valence-corrected chi connectivity index (χ3v) is 4.14. The summed E-state index contributed by atoms with van der Waals surface area (Å²) in [7, 11) is 0. The van der Waals surface area contributed by atoms with E-state index in [0.717, 1.165) is 38.9 Å². The number of likely N-dealkylation sites (tertiary alicyclic amines) is 1. The number of nitriles is 1. The largest absolute Gasteiger partial charge is 0.396 e. The Bertz CT molecular complexity index is 489. The van der Waals surface area contributed by atoms with Crippen molar-refractivity contribution in [3.8, 4) is 6.07 Å². The maximum atomic E-state index is 9.71. The smallest absolute Gasteiger partial charge is 0.0991 e. The average molecular weight is 270 g/mol. The molecule has 2 rings (SSSR count). The number of nitrogens with zero attached hydrogens (tertiary/aromatic N) is 2. The van der Waals surface area contributed by atoms with Gasteiger partial charge in [0.1, 0.15) is 0 Å². The predicted molar refractivity (Wildman–Crippen MR) is 80.0 cm³/mol. The molecule has 0 bridgehead atoms. The van der Waals surface area contributed by atoms with Crippen molar-refractivity contribution < 1.29 is 5.11 Å². The molecule has 3 heteroatoms. The van der Waals surface area contributed by atoms with E-state index in [1.54, 1.807) is 0 Å². The molecule has 1 aromatic carbocycles. The first-order chi connectivity index (χ1) is 9.71. The average Bonchev–Trinajstić information content (AvgIpc) is 2.49. The Kier molecular flexibility index (Phi) is 4.94. The van der Waals surface area contributed by atoms with E-state index in [0.29, 0.717) is 5.56 Å². The summed E-state index contributed by atoms with van der Waals surface area (Å²) in [4.78, 5) is 2.39. The zero-order valence-electron chi connectivity index (χ0n) is 11.9. The fraction of sp³-hybridized carbons (Fsp3) is 0.471. The maximum Gasteiger partial charge on any atom is 0.0991 e. The molecule has 0 aliphatic carbocycles. The molecule has 1 heterocycles. The van der Waals surface area contributed by atoms with E-state index in [2.05, 4.69) is 17.5 Å². The number of hydrogen-bond acceptors (Lipinski definition) is 3. The predicted octanol–water partition coefficient (Wildman–Crippen LogP) is 2.71. The first-order valence-corrected chi connectivity index (χ1v) is 7.14. The number of aliphatic hydroxyl groups is 1. The van der Waals surface area contributed by atoms with Gasteiger partial charge in [-0.2, -0.15) is 5.26 Å². The quantitative estimate of drug-likeness (QED) is 0.837. The van der Waals surface area contributed by atoms with Crippen LogP contribution in [0.2, 0.25) is 0 Å². The molecule has 3 nitrogen and oxygen atoms in total. The van der Waals surface area contributed by atoms with Crippen molar-refractivity contribution in [1.82, 2.24) is 4.90 Å². The number of aliphatic hydroxyl groups excluding tert-OH is 1. The highest BCUT2D eigenvalue weighted by Gasteiger charge is 2.33. The second kappa shape index (κ2) is 6.69. The van der Waals surface area contributed by atoms with Crippen molar-refractivity contribution in [1.29, 1.82) is 5.26 Å². The van der Waals surface area contributed by atoms with E-state index >= 15 is 0 Å². The lowest BCUT2D eigenvalue weighted by Gasteiger charge is -2.41. The summed E-state index contributed by atoms with van der Waals surface area (Å²) < 4.78 is 0. The minimum absolute atomic E-state index is 0.0212. The summed E-state index contributed by atoms with van der Waals surface area (Å²) in [5.74, 6) is 0. The Morgan fingerprint density at radius 3 is 2.75 bits per heavy atom. The van der Waals surface area contributed by atoms with Gasteiger partial charge in [-0.1, -0.05) is 18.2 Å². The van der Waals surface area contributed by atoms with Gasteiger partial charge in [0.25, 0.3) is 0 Å². The standard InChI is InChI=1S/C17H22N2O/c1-2-8-17(14-20)9-3-10-19(13-17)12-16-6-4-15(11-18)5-7-16/h2,4-7,20H,1,3,8-10,12-14H2/t17-/m1/s1. The topological polar surface area (TPSA) is 47.3 Å². The molecule has 1 aliphatic heterocycles. The number of allylic oxidation sites excluding steroid dienone is 1. The zero-order chi connectivity index (χ0) is 14.4. The van der Waals surface area contributed by atoms with Crippen LogP contribution in [0.1, 0.15) is 30.4 Å². The van der Waals surface area contributed by atoms with Gasteiger partial charge in [0.05, 0.1) is 18.2 Å². The third-order valence-electron chi connectivity index (χ3n) is 4.14. The lowest BCUT2D eigenvalue weighted by Crippen LogP contribution is -2.44. The molecular formula is C17H22N2O. The van der Waals surface area contributed by atoms with Gasteiger partial charge in [-0.25, -0.2) is 0 Å². The minimum atomic E-state index is -0.0212. The SMILES string of the molecule is C=CC[C@@]1(CO)CCCN(Cc2ccc(C#N)cc2)C1. The van der Waals surface area contributed by atoms with Gasteiger partial charge in [0.2, 0.25) is 0 Å². The number of benzene rings is 1. The van der Waals surface area contributed by atoms with E-state index in [-0.39, 0.29) is 12.0 Å². The van der Waals surface area contributed by atoms with Crippen LogP contribution in [0.25, 0.3) is 0 Å². The monoisotopic (exact) mass is 270 g/mol. The first kappa shape index (κ1) is 14.8. The number of rotatable bonds is 5. The van der Waals surface area contributed by atoms with Crippen LogP contribution in [0, 0.1) is 16.7 Å². The van der Waals surface area contributed by atoms with Crippen LogP contribution in [0.4, 0.5) is 0 Å². The van der Waals surface area contributed by atoms with Gasteiger partial charge < -0.3 is 5.11 Å². The summed E-state index contributed by atoms with van der Waals surface area (Å²) in [5.41, 5.74) is 1.90. The number of hydrogen-bond donors (Lipinski definition) is 1. The second-order valence-electron chi connectivity index (χ2n) is 5.77. The van der Waals surface area contributed by atoms with Crippen LogP contribution in [-0.2, 0) is 6.54 Å². The Morgan fingerprint density at radius 1 is 1.40 bits per heavy atom. The highest BCUT2D eigenvalue weighted by molar-refractivity contribution is 5.31. The van der Waals surface area contributed by atoms with E-state index < -0.39 is 0 Å². The normalized spacial score (nSPS) is 23.2. The molecule has 0 radical (unpaired) electrons. The highest BCUT2D eigenvalue weighted by Crippen LogP contribution is 2.33. The van der Waals surface area contributed by atoms with E-state index in [1.165, 1.54) is 5.56 Å². The Labute approximate surface area is 121 Å². The Balaban J connectivity index is 2.01. The molecule has 0 unspecified atom stereocenters. The molecule has 1 N–H and O–H groups in total. The molecule has 0 aromatic heterocycles. The van der Waals surface area contributed by atoms with Crippen molar-refractivity contribution in [3.63, 3.8) is 0 Å². The Morgan fingerprint density at radius 2 is 2.15 bits per heavy atom. The molecule has 1 saturated heterocycles. The Hall–Kier alpha value is -1.63. The van der Waals surface area contributed by atoms with Gasteiger partial charge in [-0.05, 0) is 43.5 Å². The molecule has 106 valence electrons. The van der Waals surface area contributed by atoms with Crippen molar-refractivity contribution >= 4 is 0 Å². The fourth-order valence-electron chi connectivity index (χ4n) is 3.05. The maximum absolute atomic E-state index is 9.71. The summed E-state index contributed by atoms with van der Waals surface area (Å²) in [6.45, 7) is 6.90. The van der Waals surface area contributed by atoms with Crippen molar-refractivity contribution in [2.24, 2.45) is 5.41 Å². The van der Waals surface area contributed by atoms with Crippen LogP contribution in [0.15, 0.2) is 36.9 Å². The van der Waals surface area contributed by atoms with Gasteiger partial charge >= 0.3 is 0 Å². The van der Waals surface area contributed by atoms with Crippen LogP contribution in [0.5, 0.6) is 0 Å². The summed E-state index contributed by atoms with van der Waals surface area (Å²) in [6.07, 6.45) is 4.97. The molecule has 1 fully saturated rings. The van der Waals surface area contributed by atoms with Gasteiger partial charge in [-0.3, -0.25) is 4.90 Å². The summed E-state index contributed by atoms with van der Waals surface area (Å²) >= 11 is 0. The lowest BCUT2D eigenvalue weighted by molar-refractivity contribution is 0.0309. The number of piperidine rings is 1. The molecule has 0 spiro atoms. The van der Waals surface area contributed by atoms with Crippen molar-refractivity contribution in [2.45, 2.75) is 25.8 Å². The summed E-state index contributed by atoms with van der Waals surface area (Å²) in [5, 5.41) is 18.5. The lowest BCUT2D eigenvalue weighted by atomic mass is 9.78. The van der Waals surface area contributed by atoms with Crippen LogP contribution in [0.3, 0.4) is 0 Å². The van der Waals surface area contributed by atoms with Gasteiger partial charge in [0.15, 0.2) is 0 Å². The molecule has 0 saturated carbocycles. The van der Waals surface area contributed by atoms with Crippen LogP contribution in [-0.4, -0.2) is 29.7 Å². The first-order valence-electron chi connectivity index (χ1n) is 7.14. The second-order valence-corrected chi connectivity index (χ2v) is 5.77. The van der Waals surface area contributed by atoms with E-state index in [1.807, 2.05) is 30.3 Å². The zero-order valence-corrected chi connectivity index (χ0v) is 11.9. The van der Waals surface area contributed by atoms with E-state index in [9.17, 15) is 5.11 Å². The molecule has 20 heavy (non-hydrogen) atoms. The molecule has 1 aliphatic rings. The third kappa shape index (κ3) is 3.47. The van der Waals surface area contributed by atoms with E-state index in [4.69, 9.17) is 5.26 Å². The fourth-order valence-corrected chi connectivity index (χ4v) is 3.05. The highest BCUT2D eigenvalue weighted by atomic mass is 16.3. The molecule has 1 aromatic rings. The molecular weight excluding hydrogens is 248 g/mol. The van der Waals surface area contributed by atoms with Gasteiger partial charge in [-0.15, -0.1) is 6.58 Å². The molecule has 1 atom stereocenters.